The summed E-state index contributed by atoms with van der Waals surface area (Å²) in [5.74, 6) is 0.659. The van der Waals surface area contributed by atoms with Crippen molar-refractivity contribution in [2.45, 2.75) is 19.8 Å². The predicted molar refractivity (Wildman–Crippen MR) is 80.6 cm³/mol. The van der Waals surface area contributed by atoms with Crippen molar-refractivity contribution in [1.29, 1.82) is 0 Å². The topological polar surface area (TPSA) is 80.0 Å². The number of carbonyl (C=O) groups is 1. The number of fused-ring (bicyclic) bond motifs is 1. The van der Waals surface area contributed by atoms with E-state index in [2.05, 4.69) is 15.6 Å². The number of nitrogens with zero attached hydrogens (tertiary/aromatic N) is 1. The standard InChI is InChI=1S/C15H18N4O/c1-9-7-17-14-11(3-2-4-12(14)16)13(9)19-15(20)18-8-10-5-6-10/h2-4,7,10H,5-6,8,16H2,1H3,(H2,17,18,19,20). The van der Waals surface area contributed by atoms with Gasteiger partial charge in [0.1, 0.15) is 0 Å². The molecule has 20 heavy (non-hydrogen) atoms. The van der Waals surface area contributed by atoms with Crippen LogP contribution in [0.2, 0.25) is 0 Å². The number of hydrogen-bond acceptors (Lipinski definition) is 3. The van der Waals surface area contributed by atoms with Crippen LogP contribution in [-0.4, -0.2) is 17.6 Å². The van der Waals surface area contributed by atoms with Crippen molar-refractivity contribution in [2.75, 3.05) is 17.6 Å². The molecule has 0 spiro atoms. The summed E-state index contributed by atoms with van der Waals surface area (Å²) >= 11 is 0. The molecule has 1 saturated carbocycles. The molecular formula is C15H18N4O. The van der Waals surface area contributed by atoms with Crippen molar-refractivity contribution < 1.29 is 4.79 Å². The summed E-state index contributed by atoms with van der Waals surface area (Å²) in [7, 11) is 0. The third-order valence-corrected chi connectivity index (χ3v) is 3.60. The lowest BCUT2D eigenvalue weighted by molar-refractivity contribution is 0.251. The largest absolute Gasteiger partial charge is 0.397 e. The summed E-state index contributed by atoms with van der Waals surface area (Å²) < 4.78 is 0. The Morgan fingerprint density at radius 2 is 2.25 bits per heavy atom. The van der Waals surface area contributed by atoms with Gasteiger partial charge >= 0.3 is 6.03 Å². The van der Waals surface area contributed by atoms with E-state index in [9.17, 15) is 4.79 Å². The predicted octanol–water partition coefficient (Wildman–Crippen LogP) is 2.66. The van der Waals surface area contributed by atoms with E-state index in [1.165, 1.54) is 12.8 Å². The van der Waals surface area contributed by atoms with Gasteiger partial charge in [0.2, 0.25) is 0 Å². The van der Waals surface area contributed by atoms with E-state index in [-0.39, 0.29) is 6.03 Å². The fraction of sp³-hybridized carbons (Fsp3) is 0.333. The Morgan fingerprint density at radius 1 is 1.45 bits per heavy atom. The van der Waals surface area contributed by atoms with Crippen molar-refractivity contribution in [3.63, 3.8) is 0 Å². The summed E-state index contributed by atoms with van der Waals surface area (Å²) in [6, 6.07) is 5.42. The second kappa shape index (κ2) is 5.00. The van der Waals surface area contributed by atoms with Gasteiger partial charge < -0.3 is 16.4 Å². The van der Waals surface area contributed by atoms with Crippen LogP contribution >= 0.6 is 0 Å². The number of hydrogen-bond donors (Lipinski definition) is 3. The fourth-order valence-electron chi connectivity index (χ4n) is 2.23. The minimum atomic E-state index is -0.171. The first-order chi connectivity index (χ1) is 9.65. The van der Waals surface area contributed by atoms with Crippen molar-refractivity contribution in [2.24, 2.45) is 5.92 Å². The van der Waals surface area contributed by atoms with Gasteiger partial charge in [0.05, 0.1) is 16.9 Å². The zero-order chi connectivity index (χ0) is 14.1. The maximum absolute atomic E-state index is 12.0. The Hall–Kier alpha value is -2.30. The highest BCUT2D eigenvalue weighted by Crippen LogP contribution is 2.29. The zero-order valence-corrected chi connectivity index (χ0v) is 11.4. The van der Waals surface area contributed by atoms with Crippen LogP contribution in [0.1, 0.15) is 18.4 Å². The molecular weight excluding hydrogens is 252 g/mol. The van der Waals surface area contributed by atoms with Gasteiger partial charge in [-0.15, -0.1) is 0 Å². The molecule has 0 bridgehead atoms. The van der Waals surface area contributed by atoms with E-state index in [1.807, 2.05) is 25.1 Å². The van der Waals surface area contributed by atoms with E-state index >= 15 is 0 Å². The van der Waals surface area contributed by atoms with E-state index in [0.29, 0.717) is 11.6 Å². The number of amides is 2. The van der Waals surface area contributed by atoms with Crippen LogP contribution in [-0.2, 0) is 0 Å². The number of anilines is 2. The molecule has 5 heteroatoms. The first-order valence-electron chi connectivity index (χ1n) is 6.84. The number of carbonyl (C=O) groups excluding carboxylic acids is 1. The molecule has 2 aromatic rings. The van der Waals surface area contributed by atoms with Crippen molar-refractivity contribution >= 4 is 28.3 Å². The van der Waals surface area contributed by atoms with E-state index < -0.39 is 0 Å². The summed E-state index contributed by atoms with van der Waals surface area (Å²) in [6.45, 7) is 2.67. The third-order valence-electron chi connectivity index (χ3n) is 3.60. The van der Waals surface area contributed by atoms with Gasteiger partial charge in [0, 0.05) is 18.1 Å². The minimum absolute atomic E-state index is 0.171. The molecule has 1 aliphatic carbocycles. The van der Waals surface area contributed by atoms with Crippen LogP contribution < -0.4 is 16.4 Å². The minimum Gasteiger partial charge on any atom is -0.397 e. The lowest BCUT2D eigenvalue weighted by Gasteiger charge is -2.13. The summed E-state index contributed by atoms with van der Waals surface area (Å²) in [5.41, 5.74) is 8.95. The van der Waals surface area contributed by atoms with Crippen molar-refractivity contribution in [1.82, 2.24) is 10.3 Å². The number of rotatable bonds is 3. The van der Waals surface area contributed by atoms with Gasteiger partial charge in [0.15, 0.2) is 0 Å². The SMILES string of the molecule is Cc1cnc2c(N)cccc2c1NC(=O)NCC1CC1. The van der Waals surface area contributed by atoms with Crippen LogP contribution in [0.15, 0.2) is 24.4 Å². The van der Waals surface area contributed by atoms with Crippen molar-refractivity contribution in [3.8, 4) is 0 Å². The quantitative estimate of drug-likeness (QED) is 0.750. The second-order valence-electron chi connectivity index (χ2n) is 5.34. The molecule has 0 radical (unpaired) electrons. The van der Waals surface area contributed by atoms with Crippen LogP contribution in [0.3, 0.4) is 0 Å². The van der Waals surface area contributed by atoms with Crippen LogP contribution in [0.5, 0.6) is 0 Å². The Kier molecular flexibility index (Phi) is 3.18. The Balaban J connectivity index is 1.87. The first-order valence-corrected chi connectivity index (χ1v) is 6.84. The molecule has 1 aliphatic rings. The lowest BCUT2D eigenvalue weighted by atomic mass is 10.1. The van der Waals surface area contributed by atoms with E-state index in [0.717, 1.165) is 28.7 Å². The molecule has 104 valence electrons. The van der Waals surface area contributed by atoms with Gasteiger partial charge in [-0.2, -0.15) is 0 Å². The Bertz CT molecular complexity index is 664. The number of nitrogens with one attached hydrogen (secondary N) is 2. The molecule has 1 aromatic heterocycles. The van der Waals surface area contributed by atoms with Crippen LogP contribution in [0.25, 0.3) is 10.9 Å². The highest BCUT2D eigenvalue weighted by molar-refractivity contribution is 6.04. The fourth-order valence-corrected chi connectivity index (χ4v) is 2.23. The monoisotopic (exact) mass is 270 g/mol. The molecule has 3 rings (SSSR count). The van der Waals surface area contributed by atoms with Gasteiger partial charge in [-0.1, -0.05) is 12.1 Å². The molecule has 5 nitrogen and oxygen atoms in total. The van der Waals surface area contributed by atoms with E-state index in [1.54, 1.807) is 6.20 Å². The first kappa shape index (κ1) is 12.7. The highest BCUT2D eigenvalue weighted by Gasteiger charge is 2.21. The number of aromatic nitrogens is 1. The van der Waals surface area contributed by atoms with E-state index in [4.69, 9.17) is 5.73 Å². The summed E-state index contributed by atoms with van der Waals surface area (Å²) in [6.07, 6.45) is 4.16. The number of benzene rings is 1. The number of aryl methyl sites for hydroxylation is 1. The van der Waals surface area contributed by atoms with Crippen LogP contribution in [0, 0.1) is 12.8 Å². The lowest BCUT2D eigenvalue weighted by Crippen LogP contribution is -2.30. The molecule has 2 amide bonds. The molecule has 4 N–H and O–H groups in total. The molecule has 0 unspecified atom stereocenters. The maximum Gasteiger partial charge on any atom is 0.319 e. The Morgan fingerprint density at radius 3 is 3.00 bits per heavy atom. The summed E-state index contributed by atoms with van der Waals surface area (Å²) in [5, 5.41) is 6.68. The highest BCUT2D eigenvalue weighted by atomic mass is 16.2. The second-order valence-corrected chi connectivity index (χ2v) is 5.34. The molecule has 1 aromatic carbocycles. The van der Waals surface area contributed by atoms with Gasteiger partial charge in [-0.25, -0.2) is 4.79 Å². The number of pyridine rings is 1. The summed E-state index contributed by atoms with van der Waals surface area (Å²) in [4.78, 5) is 16.3. The van der Waals surface area contributed by atoms with Gasteiger partial charge in [0.25, 0.3) is 0 Å². The average molecular weight is 270 g/mol. The molecule has 0 aliphatic heterocycles. The average Bonchev–Trinajstić information content (AvgIpc) is 3.24. The smallest absolute Gasteiger partial charge is 0.319 e. The van der Waals surface area contributed by atoms with Crippen LogP contribution in [0.4, 0.5) is 16.2 Å². The normalized spacial score (nSPS) is 14.2. The van der Waals surface area contributed by atoms with Gasteiger partial charge in [-0.05, 0) is 37.3 Å². The van der Waals surface area contributed by atoms with Crippen molar-refractivity contribution in [3.05, 3.63) is 30.0 Å². The molecule has 1 heterocycles. The number of para-hydroxylation sites is 1. The Labute approximate surface area is 117 Å². The molecule has 0 saturated heterocycles. The number of nitrogens with two attached hydrogens (primary N) is 1. The molecule has 1 fully saturated rings. The van der Waals surface area contributed by atoms with Gasteiger partial charge in [-0.3, -0.25) is 4.98 Å². The molecule has 0 atom stereocenters. The maximum atomic E-state index is 12.0. The number of nitrogen functional groups attached to an aromatic ring is 1. The number of urea groups is 1. The third kappa shape index (κ3) is 2.52. The zero-order valence-electron chi connectivity index (χ0n) is 11.4.